The van der Waals surface area contributed by atoms with Crippen LogP contribution in [0.3, 0.4) is 0 Å². The first-order valence-corrected chi connectivity index (χ1v) is 7.90. The van der Waals surface area contributed by atoms with E-state index in [9.17, 15) is 4.79 Å². The average molecular weight is 288 g/mol. The highest BCUT2D eigenvalue weighted by atomic mass is 32.1. The molecule has 2 aliphatic rings. The van der Waals surface area contributed by atoms with Gasteiger partial charge in [-0.15, -0.1) is 11.3 Å². The quantitative estimate of drug-likeness (QED) is 0.851. The van der Waals surface area contributed by atoms with Gasteiger partial charge in [-0.2, -0.15) is 0 Å². The molecule has 0 N–H and O–H groups in total. The molecule has 2 atom stereocenters. The van der Waals surface area contributed by atoms with Crippen molar-refractivity contribution in [3.8, 4) is 11.5 Å². The van der Waals surface area contributed by atoms with Gasteiger partial charge in [0.25, 0.3) is 5.91 Å². The molecule has 1 aliphatic carbocycles. The molecule has 3 heterocycles. The molecular weight excluding hydrogens is 272 g/mol. The Bertz CT molecular complexity index is 660. The Balaban J connectivity index is 1.57. The summed E-state index contributed by atoms with van der Waals surface area (Å²) < 4.78 is 5.52. The normalized spacial score (nSPS) is 24.6. The highest BCUT2D eigenvalue weighted by molar-refractivity contribution is 7.09. The number of thiazole rings is 1. The monoisotopic (exact) mass is 288 g/mol. The number of hydrogen-bond donors (Lipinski definition) is 0. The lowest BCUT2D eigenvalue weighted by Gasteiger charge is -2.26. The van der Waals surface area contributed by atoms with Crippen LogP contribution in [0.1, 0.15) is 34.6 Å². The standard InChI is InChI=1S/C15H16N2O2S/c1-9-16-13(8-20-9)14-5-11(7-19-14)15(18)17-6-10-2-3-12(17)4-10/h5,7-8,10,12H,2-4,6H2,1H3. The second-order valence-electron chi connectivity index (χ2n) is 5.74. The third-order valence-corrected chi connectivity index (χ3v) is 5.16. The van der Waals surface area contributed by atoms with Crippen LogP contribution in [-0.2, 0) is 0 Å². The molecule has 4 rings (SSSR count). The Hall–Kier alpha value is -1.62. The zero-order chi connectivity index (χ0) is 13.7. The van der Waals surface area contributed by atoms with E-state index in [1.165, 1.54) is 12.8 Å². The summed E-state index contributed by atoms with van der Waals surface area (Å²) in [7, 11) is 0. The van der Waals surface area contributed by atoms with Crippen LogP contribution in [0.2, 0.25) is 0 Å². The number of amides is 1. The number of carbonyl (C=O) groups is 1. The summed E-state index contributed by atoms with van der Waals surface area (Å²) in [6, 6.07) is 2.27. The van der Waals surface area contributed by atoms with Crippen LogP contribution in [0, 0.1) is 12.8 Å². The van der Waals surface area contributed by atoms with Crippen LogP contribution in [0.15, 0.2) is 22.1 Å². The van der Waals surface area contributed by atoms with Crippen molar-refractivity contribution in [2.45, 2.75) is 32.2 Å². The molecule has 20 heavy (non-hydrogen) atoms. The predicted molar refractivity (Wildman–Crippen MR) is 76.7 cm³/mol. The van der Waals surface area contributed by atoms with Gasteiger partial charge in [0, 0.05) is 18.0 Å². The molecule has 2 aromatic rings. The first kappa shape index (κ1) is 12.1. The number of furan rings is 1. The Morgan fingerprint density at radius 2 is 2.40 bits per heavy atom. The first-order chi connectivity index (χ1) is 9.70. The van der Waals surface area contributed by atoms with Crippen molar-refractivity contribution in [1.29, 1.82) is 0 Å². The summed E-state index contributed by atoms with van der Waals surface area (Å²) in [5.41, 5.74) is 1.47. The van der Waals surface area contributed by atoms with Crippen LogP contribution < -0.4 is 0 Å². The molecular formula is C15H16N2O2S. The first-order valence-electron chi connectivity index (χ1n) is 7.02. The molecule has 2 unspecified atom stereocenters. The summed E-state index contributed by atoms with van der Waals surface area (Å²) in [5, 5.41) is 2.96. The number of aryl methyl sites for hydroxylation is 1. The summed E-state index contributed by atoms with van der Waals surface area (Å²) in [6.07, 6.45) is 5.19. The minimum absolute atomic E-state index is 0.110. The Labute approximate surface area is 121 Å². The minimum Gasteiger partial charge on any atom is -0.462 e. The molecule has 1 aliphatic heterocycles. The van der Waals surface area contributed by atoms with Gasteiger partial charge in [0.2, 0.25) is 0 Å². The smallest absolute Gasteiger partial charge is 0.257 e. The SMILES string of the molecule is Cc1nc(-c2cc(C(=O)N3CC4CCC3C4)co2)cs1. The van der Waals surface area contributed by atoms with E-state index < -0.39 is 0 Å². The fourth-order valence-electron chi connectivity index (χ4n) is 3.40. The highest BCUT2D eigenvalue weighted by Crippen LogP contribution is 2.38. The molecule has 1 saturated carbocycles. The van der Waals surface area contributed by atoms with E-state index in [0.29, 0.717) is 17.4 Å². The number of fused-ring (bicyclic) bond motifs is 2. The fourth-order valence-corrected chi connectivity index (χ4v) is 4.00. The second-order valence-corrected chi connectivity index (χ2v) is 6.80. The molecule has 2 fully saturated rings. The van der Waals surface area contributed by atoms with Gasteiger partial charge in [-0.3, -0.25) is 4.79 Å². The molecule has 1 saturated heterocycles. The van der Waals surface area contributed by atoms with Gasteiger partial charge in [0.15, 0.2) is 5.76 Å². The van der Waals surface area contributed by atoms with Gasteiger partial charge in [-0.25, -0.2) is 4.98 Å². The lowest BCUT2D eigenvalue weighted by atomic mass is 10.1. The zero-order valence-corrected chi connectivity index (χ0v) is 12.2. The van der Waals surface area contributed by atoms with Crippen molar-refractivity contribution < 1.29 is 9.21 Å². The Morgan fingerprint density at radius 1 is 1.50 bits per heavy atom. The topological polar surface area (TPSA) is 46.3 Å². The van der Waals surface area contributed by atoms with Crippen molar-refractivity contribution >= 4 is 17.2 Å². The van der Waals surface area contributed by atoms with E-state index in [4.69, 9.17) is 4.42 Å². The summed E-state index contributed by atoms with van der Waals surface area (Å²) in [6.45, 7) is 2.88. The maximum atomic E-state index is 12.5. The van der Waals surface area contributed by atoms with Crippen molar-refractivity contribution in [1.82, 2.24) is 9.88 Å². The van der Waals surface area contributed by atoms with Crippen LogP contribution in [0.25, 0.3) is 11.5 Å². The lowest BCUT2D eigenvalue weighted by Crippen LogP contribution is -2.37. The van der Waals surface area contributed by atoms with Crippen molar-refractivity contribution in [3.05, 3.63) is 28.3 Å². The minimum atomic E-state index is 0.110. The van der Waals surface area contributed by atoms with E-state index in [2.05, 4.69) is 4.98 Å². The maximum absolute atomic E-state index is 12.5. The summed E-state index contributed by atoms with van der Waals surface area (Å²) in [5.74, 6) is 1.51. The number of nitrogens with zero attached hydrogens (tertiary/aromatic N) is 2. The van der Waals surface area contributed by atoms with Crippen LogP contribution in [0.4, 0.5) is 0 Å². The predicted octanol–water partition coefficient (Wildman–Crippen LogP) is 3.34. The molecule has 2 aromatic heterocycles. The number of carbonyl (C=O) groups excluding carboxylic acids is 1. The van der Waals surface area contributed by atoms with Crippen molar-refractivity contribution in [3.63, 3.8) is 0 Å². The van der Waals surface area contributed by atoms with E-state index in [-0.39, 0.29) is 5.91 Å². The molecule has 104 valence electrons. The maximum Gasteiger partial charge on any atom is 0.257 e. The molecule has 0 radical (unpaired) electrons. The van der Waals surface area contributed by atoms with Gasteiger partial charge < -0.3 is 9.32 Å². The van der Waals surface area contributed by atoms with Gasteiger partial charge >= 0.3 is 0 Å². The number of piperidine rings is 1. The van der Waals surface area contributed by atoms with E-state index >= 15 is 0 Å². The molecule has 2 bridgehead atoms. The zero-order valence-electron chi connectivity index (χ0n) is 11.3. The summed E-state index contributed by atoms with van der Waals surface area (Å²) >= 11 is 1.59. The summed E-state index contributed by atoms with van der Waals surface area (Å²) in [4.78, 5) is 18.9. The molecule has 0 spiro atoms. The van der Waals surface area contributed by atoms with Gasteiger partial charge in [0.05, 0.1) is 10.6 Å². The molecule has 1 amide bonds. The average Bonchev–Trinajstić information content (AvgIpc) is 3.20. The number of rotatable bonds is 2. The third-order valence-electron chi connectivity index (χ3n) is 4.39. The molecule has 5 heteroatoms. The largest absolute Gasteiger partial charge is 0.462 e. The van der Waals surface area contributed by atoms with Gasteiger partial charge in [-0.05, 0) is 38.2 Å². The second kappa shape index (κ2) is 4.45. The van der Waals surface area contributed by atoms with E-state index in [1.807, 2.05) is 23.3 Å². The fraction of sp³-hybridized carbons (Fsp3) is 0.467. The van der Waals surface area contributed by atoms with Crippen LogP contribution in [-0.4, -0.2) is 28.4 Å². The Kier molecular flexibility index (Phi) is 2.70. The lowest BCUT2D eigenvalue weighted by molar-refractivity contribution is 0.0703. The van der Waals surface area contributed by atoms with Crippen molar-refractivity contribution in [2.24, 2.45) is 5.92 Å². The van der Waals surface area contributed by atoms with E-state index in [0.717, 1.165) is 29.6 Å². The highest BCUT2D eigenvalue weighted by Gasteiger charge is 2.40. The van der Waals surface area contributed by atoms with E-state index in [1.54, 1.807) is 17.6 Å². The van der Waals surface area contributed by atoms with Gasteiger partial charge in [0.1, 0.15) is 12.0 Å². The molecule has 4 nitrogen and oxygen atoms in total. The number of likely N-dealkylation sites (tertiary alicyclic amines) is 1. The Morgan fingerprint density at radius 3 is 3.05 bits per heavy atom. The van der Waals surface area contributed by atoms with Gasteiger partial charge in [-0.1, -0.05) is 0 Å². The molecule has 0 aromatic carbocycles. The van der Waals surface area contributed by atoms with Crippen molar-refractivity contribution in [2.75, 3.05) is 6.54 Å². The van der Waals surface area contributed by atoms with Crippen LogP contribution >= 0.6 is 11.3 Å². The third kappa shape index (κ3) is 1.88. The van der Waals surface area contributed by atoms with Crippen LogP contribution in [0.5, 0.6) is 0 Å². The number of aromatic nitrogens is 1. The number of hydrogen-bond acceptors (Lipinski definition) is 4.